The summed E-state index contributed by atoms with van der Waals surface area (Å²) in [5.41, 5.74) is 1.60. The molecule has 2 aromatic carbocycles. The quantitative estimate of drug-likeness (QED) is 0.711. The van der Waals surface area contributed by atoms with Crippen molar-refractivity contribution in [3.8, 4) is 0 Å². The zero-order valence-electron chi connectivity index (χ0n) is 11.4. The Bertz CT molecular complexity index is 597. The van der Waals surface area contributed by atoms with Crippen LogP contribution in [-0.4, -0.2) is 12.6 Å². The van der Waals surface area contributed by atoms with E-state index in [0.717, 1.165) is 20.3 Å². The number of benzene rings is 2. The van der Waals surface area contributed by atoms with Crippen molar-refractivity contribution in [1.29, 1.82) is 0 Å². The van der Waals surface area contributed by atoms with Gasteiger partial charge in [-0.05, 0) is 55.0 Å². The highest BCUT2D eigenvalue weighted by molar-refractivity contribution is 9.10. The zero-order chi connectivity index (χ0) is 15.2. The summed E-state index contributed by atoms with van der Waals surface area (Å²) >= 11 is 6.77. The predicted molar refractivity (Wildman–Crippen MR) is 94.6 cm³/mol. The largest absolute Gasteiger partial charge is 0.326 e. The number of hydrogen-bond acceptors (Lipinski definition) is 1. The third kappa shape index (κ3) is 4.58. The average Bonchev–Trinajstić information content (AvgIpc) is 2.48. The van der Waals surface area contributed by atoms with Gasteiger partial charge in [0.1, 0.15) is 0 Å². The zero-order valence-corrected chi connectivity index (χ0v) is 14.5. The number of nitrogens with zero attached hydrogens (tertiary/aromatic N) is 1. The first-order valence-corrected chi connectivity index (χ1v) is 8.07. The van der Waals surface area contributed by atoms with E-state index < -0.39 is 0 Å². The van der Waals surface area contributed by atoms with Crippen molar-refractivity contribution in [2.45, 2.75) is 6.42 Å². The van der Waals surface area contributed by atoms with E-state index in [1.807, 2.05) is 48.5 Å². The van der Waals surface area contributed by atoms with E-state index >= 15 is 0 Å². The van der Waals surface area contributed by atoms with Crippen LogP contribution in [0.5, 0.6) is 0 Å². The Hall–Kier alpha value is -1.33. The summed E-state index contributed by atoms with van der Waals surface area (Å²) in [5.74, 6) is 0. The SMILES string of the molecule is [CH2]CCN(C(=O)Nc1ccc(Br)cc1)c1ccc(Br)cc1. The molecular weight excluding hydrogens is 396 g/mol. The third-order valence-corrected chi connectivity index (χ3v) is 3.92. The number of rotatable bonds is 4. The minimum Gasteiger partial charge on any atom is -0.308 e. The highest BCUT2D eigenvalue weighted by Gasteiger charge is 2.14. The van der Waals surface area contributed by atoms with Crippen molar-refractivity contribution in [3.05, 3.63) is 64.4 Å². The molecule has 1 N–H and O–H groups in total. The fourth-order valence-electron chi connectivity index (χ4n) is 1.85. The van der Waals surface area contributed by atoms with Gasteiger partial charge in [-0.25, -0.2) is 4.79 Å². The van der Waals surface area contributed by atoms with Crippen LogP contribution in [0.4, 0.5) is 16.2 Å². The Morgan fingerprint density at radius 2 is 1.52 bits per heavy atom. The second kappa shape index (κ2) is 7.61. The van der Waals surface area contributed by atoms with Gasteiger partial charge in [-0.2, -0.15) is 0 Å². The molecule has 0 fully saturated rings. The van der Waals surface area contributed by atoms with E-state index in [1.54, 1.807) is 4.90 Å². The summed E-state index contributed by atoms with van der Waals surface area (Å²) in [6, 6.07) is 15.0. The van der Waals surface area contributed by atoms with Crippen LogP contribution >= 0.6 is 31.9 Å². The summed E-state index contributed by atoms with van der Waals surface area (Å²) in [7, 11) is 0. The number of carbonyl (C=O) groups excluding carboxylic acids is 1. The van der Waals surface area contributed by atoms with Crippen molar-refractivity contribution in [2.24, 2.45) is 0 Å². The topological polar surface area (TPSA) is 32.3 Å². The summed E-state index contributed by atoms with van der Waals surface area (Å²) < 4.78 is 1.96. The first-order chi connectivity index (χ1) is 10.1. The van der Waals surface area contributed by atoms with E-state index in [1.165, 1.54) is 0 Å². The molecule has 0 saturated carbocycles. The van der Waals surface area contributed by atoms with Crippen LogP contribution in [0.3, 0.4) is 0 Å². The molecule has 0 spiro atoms. The van der Waals surface area contributed by atoms with Crippen molar-refractivity contribution < 1.29 is 4.79 Å². The fourth-order valence-corrected chi connectivity index (χ4v) is 2.38. The van der Waals surface area contributed by atoms with Crippen LogP contribution in [-0.2, 0) is 0 Å². The molecule has 0 atom stereocenters. The number of urea groups is 1. The van der Waals surface area contributed by atoms with Crippen LogP contribution in [0.25, 0.3) is 0 Å². The Kier molecular flexibility index (Phi) is 5.82. The van der Waals surface area contributed by atoms with Gasteiger partial charge in [0.2, 0.25) is 0 Å². The maximum Gasteiger partial charge on any atom is 0.326 e. The lowest BCUT2D eigenvalue weighted by molar-refractivity contribution is 0.257. The Balaban J connectivity index is 2.15. The number of halogens is 2. The standard InChI is InChI=1S/C16H15Br2N2O/c1-2-11-20(15-9-5-13(18)6-10-15)16(21)19-14-7-3-12(17)4-8-14/h3-10H,1-2,11H2,(H,19,21). The highest BCUT2D eigenvalue weighted by Crippen LogP contribution is 2.20. The van der Waals surface area contributed by atoms with Crippen LogP contribution in [0.1, 0.15) is 6.42 Å². The third-order valence-electron chi connectivity index (χ3n) is 2.86. The molecule has 1 radical (unpaired) electrons. The van der Waals surface area contributed by atoms with Gasteiger partial charge in [0.15, 0.2) is 0 Å². The van der Waals surface area contributed by atoms with E-state index in [-0.39, 0.29) is 6.03 Å². The minimum absolute atomic E-state index is 0.164. The molecule has 0 unspecified atom stereocenters. The van der Waals surface area contributed by atoms with E-state index in [4.69, 9.17) is 0 Å². The van der Waals surface area contributed by atoms with Gasteiger partial charge < -0.3 is 5.32 Å². The van der Waals surface area contributed by atoms with Gasteiger partial charge in [0, 0.05) is 26.9 Å². The monoisotopic (exact) mass is 409 g/mol. The van der Waals surface area contributed by atoms with E-state index in [9.17, 15) is 4.79 Å². The lowest BCUT2D eigenvalue weighted by Crippen LogP contribution is -2.35. The molecule has 2 rings (SSSR count). The lowest BCUT2D eigenvalue weighted by Gasteiger charge is -2.22. The number of amides is 2. The van der Waals surface area contributed by atoms with Gasteiger partial charge in [0.05, 0.1) is 0 Å². The second-order valence-corrected chi connectivity index (χ2v) is 6.25. The first kappa shape index (κ1) is 16.0. The normalized spacial score (nSPS) is 10.2. The lowest BCUT2D eigenvalue weighted by atomic mass is 10.2. The van der Waals surface area contributed by atoms with Crippen molar-refractivity contribution in [2.75, 3.05) is 16.8 Å². The summed E-state index contributed by atoms with van der Waals surface area (Å²) in [4.78, 5) is 14.1. The van der Waals surface area contributed by atoms with Gasteiger partial charge in [-0.15, -0.1) is 0 Å². The average molecular weight is 411 g/mol. The van der Waals surface area contributed by atoms with Crippen LogP contribution in [0, 0.1) is 6.92 Å². The first-order valence-electron chi connectivity index (χ1n) is 6.49. The van der Waals surface area contributed by atoms with Crippen LogP contribution in [0.15, 0.2) is 57.5 Å². The Labute approximate surface area is 141 Å². The minimum atomic E-state index is -0.164. The molecule has 0 aromatic heterocycles. The Morgan fingerprint density at radius 3 is 2.05 bits per heavy atom. The molecule has 0 bridgehead atoms. The number of carbonyl (C=O) groups is 1. The molecule has 0 saturated heterocycles. The molecule has 5 heteroatoms. The maximum absolute atomic E-state index is 12.4. The number of nitrogens with one attached hydrogen (secondary N) is 1. The summed E-state index contributed by atoms with van der Waals surface area (Å²) in [5, 5.41) is 2.89. The van der Waals surface area contributed by atoms with E-state index in [0.29, 0.717) is 13.0 Å². The second-order valence-electron chi connectivity index (χ2n) is 4.42. The van der Waals surface area contributed by atoms with Crippen LogP contribution < -0.4 is 10.2 Å². The van der Waals surface area contributed by atoms with Gasteiger partial charge in [0.25, 0.3) is 0 Å². The van der Waals surface area contributed by atoms with E-state index in [2.05, 4.69) is 44.1 Å². The smallest absolute Gasteiger partial charge is 0.308 e. The molecule has 0 heterocycles. The molecule has 0 aliphatic carbocycles. The highest BCUT2D eigenvalue weighted by atomic mass is 79.9. The molecular formula is C16H15Br2N2O. The fraction of sp³-hybridized carbons (Fsp3) is 0.125. The van der Waals surface area contributed by atoms with Gasteiger partial charge in [-0.3, -0.25) is 4.90 Å². The van der Waals surface area contributed by atoms with Crippen molar-refractivity contribution in [1.82, 2.24) is 0 Å². The van der Waals surface area contributed by atoms with Crippen molar-refractivity contribution >= 4 is 49.3 Å². The van der Waals surface area contributed by atoms with Crippen LogP contribution in [0.2, 0.25) is 0 Å². The van der Waals surface area contributed by atoms with Gasteiger partial charge in [-0.1, -0.05) is 38.8 Å². The maximum atomic E-state index is 12.4. The molecule has 0 aliphatic rings. The summed E-state index contributed by atoms with van der Waals surface area (Å²) in [6.45, 7) is 4.39. The molecule has 21 heavy (non-hydrogen) atoms. The molecule has 109 valence electrons. The Morgan fingerprint density at radius 1 is 1.00 bits per heavy atom. The molecule has 2 amide bonds. The summed E-state index contributed by atoms with van der Waals surface area (Å²) in [6.07, 6.45) is 0.643. The predicted octanol–water partition coefficient (Wildman–Crippen LogP) is 5.47. The molecule has 2 aromatic rings. The van der Waals surface area contributed by atoms with Gasteiger partial charge >= 0.3 is 6.03 Å². The number of anilines is 2. The van der Waals surface area contributed by atoms with Crippen molar-refractivity contribution in [3.63, 3.8) is 0 Å². The number of hydrogen-bond donors (Lipinski definition) is 1. The molecule has 3 nitrogen and oxygen atoms in total. The molecule has 0 aliphatic heterocycles.